The fourth-order valence-corrected chi connectivity index (χ4v) is 3.02. The largest absolute Gasteiger partial charge is 0.492 e. The van der Waals surface area contributed by atoms with E-state index in [9.17, 15) is 0 Å². The highest BCUT2D eigenvalue weighted by atomic mass is 16.5. The maximum Gasteiger partial charge on any atom is 0.120 e. The van der Waals surface area contributed by atoms with Gasteiger partial charge in [0, 0.05) is 18.6 Å². The zero-order chi connectivity index (χ0) is 14.4. The van der Waals surface area contributed by atoms with E-state index in [0.29, 0.717) is 18.2 Å². The first-order chi connectivity index (χ1) is 9.70. The highest BCUT2D eigenvalue weighted by Crippen LogP contribution is 2.25. The molecule has 1 aromatic carbocycles. The molecular weight excluding hydrogens is 248 g/mol. The molecule has 3 nitrogen and oxygen atoms in total. The third-order valence-corrected chi connectivity index (χ3v) is 4.04. The van der Waals surface area contributed by atoms with Crippen molar-refractivity contribution < 1.29 is 4.74 Å². The fraction of sp³-hybridized carbons (Fsp3) is 0.588. The lowest BCUT2D eigenvalue weighted by atomic mass is 10.1. The third kappa shape index (κ3) is 3.98. The third-order valence-electron chi connectivity index (χ3n) is 4.04. The molecule has 0 aliphatic heterocycles. The van der Waals surface area contributed by atoms with Crippen LogP contribution >= 0.6 is 0 Å². The van der Waals surface area contributed by atoms with Crippen LogP contribution in [0.15, 0.2) is 24.3 Å². The van der Waals surface area contributed by atoms with Gasteiger partial charge >= 0.3 is 0 Å². The first-order valence-corrected chi connectivity index (χ1v) is 7.59. The lowest BCUT2D eigenvalue weighted by molar-refractivity contribution is 0.127. The summed E-state index contributed by atoms with van der Waals surface area (Å²) >= 11 is 0. The average Bonchev–Trinajstić information content (AvgIpc) is 2.97. The molecule has 0 radical (unpaired) electrons. The molecule has 0 bridgehead atoms. The average molecular weight is 272 g/mol. The van der Waals surface area contributed by atoms with E-state index < -0.39 is 0 Å². The molecule has 1 saturated carbocycles. The van der Waals surface area contributed by atoms with Crippen molar-refractivity contribution in [2.45, 2.75) is 51.6 Å². The Morgan fingerprint density at radius 3 is 2.75 bits per heavy atom. The molecule has 0 unspecified atom stereocenters. The Bertz CT molecular complexity index is 458. The first kappa shape index (κ1) is 14.9. The monoisotopic (exact) mass is 272 g/mol. The zero-order valence-corrected chi connectivity index (χ0v) is 12.5. The van der Waals surface area contributed by atoms with Gasteiger partial charge in [-0.05, 0) is 44.9 Å². The molecule has 1 aromatic rings. The number of benzene rings is 1. The second-order valence-corrected chi connectivity index (χ2v) is 5.76. The predicted octanol–water partition coefficient (Wildman–Crippen LogP) is 3.59. The SMILES string of the molecule is CC(C)N(CCOc1cccc(C#N)c1)C1CCCC1. The zero-order valence-electron chi connectivity index (χ0n) is 12.5. The summed E-state index contributed by atoms with van der Waals surface area (Å²) in [5, 5.41) is 8.88. The molecule has 1 fully saturated rings. The van der Waals surface area contributed by atoms with Gasteiger partial charge in [-0.2, -0.15) is 5.26 Å². The number of hydrogen-bond donors (Lipinski definition) is 0. The van der Waals surface area contributed by atoms with E-state index in [4.69, 9.17) is 10.00 Å². The highest BCUT2D eigenvalue weighted by Gasteiger charge is 2.24. The number of nitriles is 1. The summed E-state index contributed by atoms with van der Waals surface area (Å²) in [6.45, 7) is 6.16. The van der Waals surface area contributed by atoms with Gasteiger partial charge in [0.05, 0.1) is 11.6 Å². The van der Waals surface area contributed by atoms with Crippen LogP contribution in [0.25, 0.3) is 0 Å². The van der Waals surface area contributed by atoms with Gasteiger partial charge in [0.1, 0.15) is 12.4 Å². The highest BCUT2D eigenvalue weighted by molar-refractivity contribution is 5.36. The van der Waals surface area contributed by atoms with E-state index in [2.05, 4.69) is 24.8 Å². The molecule has 0 spiro atoms. The molecule has 0 aromatic heterocycles. The van der Waals surface area contributed by atoms with Crippen molar-refractivity contribution in [3.8, 4) is 11.8 Å². The van der Waals surface area contributed by atoms with Crippen LogP contribution < -0.4 is 4.74 Å². The van der Waals surface area contributed by atoms with Gasteiger partial charge in [0.2, 0.25) is 0 Å². The molecule has 0 N–H and O–H groups in total. The van der Waals surface area contributed by atoms with Crippen LogP contribution in [0, 0.1) is 11.3 Å². The summed E-state index contributed by atoms with van der Waals surface area (Å²) in [6.07, 6.45) is 5.36. The molecular formula is C17H24N2O. The van der Waals surface area contributed by atoms with Gasteiger partial charge in [0.15, 0.2) is 0 Å². The first-order valence-electron chi connectivity index (χ1n) is 7.59. The smallest absolute Gasteiger partial charge is 0.120 e. The standard InChI is InChI=1S/C17H24N2O/c1-14(2)19(16-7-3-4-8-16)10-11-20-17-9-5-6-15(12-17)13-18/h5-6,9,12,14,16H,3-4,7-8,10-11H2,1-2H3. The molecule has 1 aliphatic rings. The van der Waals surface area contributed by atoms with Crippen LogP contribution in [-0.2, 0) is 0 Å². The Morgan fingerprint density at radius 2 is 2.10 bits per heavy atom. The number of hydrogen-bond acceptors (Lipinski definition) is 3. The summed E-state index contributed by atoms with van der Waals surface area (Å²) in [7, 11) is 0. The predicted molar refractivity (Wildman–Crippen MR) is 80.8 cm³/mol. The minimum atomic E-state index is 0.562. The van der Waals surface area contributed by atoms with Gasteiger partial charge < -0.3 is 4.74 Å². The normalized spacial score (nSPS) is 15.8. The Labute approximate surface area is 122 Å². The molecule has 2 rings (SSSR count). The Balaban J connectivity index is 1.85. The van der Waals surface area contributed by atoms with Crippen molar-refractivity contribution in [3.63, 3.8) is 0 Å². The molecule has 1 aliphatic carbocycles. The summed E-state index contributed by atoms with van der Waals surface area (Å²) in [5.74, 6) is 0.791. The van der Waals surface area contributed by atoms with Gasteiger partial charge in [-0.3, -0.25) is 4.90 Å². The van der Waals surface area contributed by atoms with Gasteiger partial charge in [-0.15, -0.1) is 0 Å². The van der Waals surface area contributed by atoms with Crippen LogP contribution in [0.1, 0.15) is 45.1 Å². The fourth-order valence-electron chi connectivity index (χ4n) is 3.02. The van der Waals surface area contributed by atoms with Crippen LogP contribution in [0.5, 0.6) is 5.75 Å². The van der Waals surface area contributed by atoms with Crippen LogP contribution in [0.4, 0.5) is 0 Å². The number of nitrogens with zero attached hydrogens (tertiary/aromatic N) is 2. The molecule has 3 heteroatoms. The topological polar surface area (TPSA) is 36.3 Å². The van der Waals surface area contributed by atoms with Crippen molar-refractivity contribution >= 4 is 0 Å². The molecule has 20 heavy (non-hydrogen) atoms. The summed E-state index contributed by atoms with van der Waals surface area (Å²) in [6, 6.07) is 10.8. The molecule has 108 valence electrons. The molecule has 0 heterocycles. The van der Waals surface area contributed by atoms with Crippen molar-refractivity contribution in [2.24, 2.45) is 0 Å². The Hall–Kier alpha value is -1.53. The van der Waals surface area contributed by atoms with Crippen LogP contribution in [-0.4, -0.2) is 30.1 Å². The van der Waals surface area contributed by atoms with E-state index >= 15 is 0 Å². The van der Waals surface area contributed by atoms with E-state index in [1.54, 1.807) is 12.1 Å². The van der Waals surface area contributed by atoms with Crippen molar-refractivity contribution in [1.82, 2.24) is 4.90 Å². The Morgan fingerprint density at radius 1 is 1.35 bits per heavy atom. The Kier molecular flexibility index (Phi) is 5.43. The summed E-state index contributed by atoms with van der Waals surface area (Å²) in [4.78, 5) is 2.56. The quantitative estimate of drug-likeness (QED) is 0.794. The van der Waals surface area contributed by atoms with E-state index in [1.807, 2.05) is 12.1 Å². The van der Waals surface area contributed by atoms with Gasteiger partial charge in [-0.25, -0.2) is 0 Å². The van der Waals surface area contributed by atoms with E-state index in [1.165, 1.54) is 25.7 Å². The lowest BCUT2D eigenvalue weighted by Crippen LogP contribution is -2.41. The number of ether oxygens (including phenoxy) is 1. The van der Waals surface area contributed by atoms with Gasteiger partial charge in [0.25, 0.3) is 0 Å². The molecule has 0 amide bonds. The van der Waals surface area contributed by atoms with E-state index in [0.717, 1.165) is 18.3 Å². The maximum absolute atomic E-state index is 8.88. The van der Waals surface area contributed by atoms with Crippen molar-refractivity contribution in [1.29, 1.82) is 5.26 Å². The van der Waals surface area contributed by atoms with Crippen molar-refractivity contribution in [3.05, 3.63) is 29.8 Å². The second kappa shape index (κ2) is 7.31. The van der Waals surface area contributed by atoms with Crippen LogP contribution in [0.2, 0.25) is 0 Å². The minimum absolute atomic E-state index is 0.562. The van der Waals surface area contributed by atoms with E-state index in [-0.39, 0.29) is 0 Å². The second-order valence-electron chi connectivity index (χ2n) is 5.76. The van der Waals surface area contributed by atoms with Gasteiger partial charge in [-0.1, -0.05) is 18.9 Å². The minimum Gasteiger partial charge on any atom is -0.492 e. The van der Waals surface area contributed by atoms with Crippen LogP contribution in [0.3, 0.4) is 0 Å². The number of rotatable bonds is 6. The molecule has 0 saturated heterocycles. The lowest BCUT2D eigenvalue weighted by Gasteiger charge is -2.32. The van der Waals surface area contributed by atoms with Crippen molar-refractivity contribution in [2.75, 3.05) is 13.2 Å². The molecule has 0 atom stereocenters. The summed E-state index contributed by atoms with van der Waals surface area (Å²) < 4.78 is 5.80. The summed E-state index contributed by atoms with van der Waals surface area (Å²) in [5.41, 5.74) is 0.652. The maximum atomic E-state index is 8.88.